The van der Waals surface area contributed by atoms with E-state index in [4.69, 9.17) is 10.5 Å². The largest absolute Gasteiger partial charge is 0.383 e. The molecule has 0 aliphatic carbocycles. The molecule has 4 nitrogen and oxygen atoms in total. The minimum atomic E-state index is -0.425. The molecule has 0 saturated carbocycles. The summed E-state index contributed by atoms with van der Waals surface area (Å²) in [6, 6.07) is -0.425. The van der Waals surface area contributed by atoms with Gasteiger partial charge in [0.05, 0.1) is 12.6 Å². The number of rotatable bonds is 6. The molecule has 0 rings (SSSR count). The zero-order valence-corrected chi connectivity index (χ0v) is 10.8. The van der Waals surface area contributed by atoms with Crippen molar-refractivity contribution >= 4 is 18.3 Å². The Morgan fingerprint density at radius 1 is 1.40 bits per heavy atom. The molecule has 0 bridgehead atoms. The third-order valence-corrected chi connectivity index (χ3v) is 1.85. The van der Waals surface area contributed by atoms with Gasteiger partial charge in [-0.1, -0.05) is 13.8 Å². The van der Waals surface area contributed by atoms with E-state index in [0.717, 1.165) is 6.54 Å². The molecule has 0 aliphatic heterocycles. The second-order valence-electron chi connectivity index (χ2n) is 3.96. The smallest absolute Gasteiger partial charge is 0.239 e. The molecule has 1 amide bonds. The summed E-state index contributed by atoms with van der Waals surface area (Å²) in [6.45, 7) is 7.79. The molecule has 0 aromatic rings. The monoisotopic (exact) mass is 238 g/mol. The van der Waals surface area contributed by atoms with Gasteiger partial charge >= 0.3 is 0 Å². The van der Waals surface area contributed by atoms with Crippen LogP contribution in [-0.4, -0.2) is 43.7 Å². The fourth-order valence-corrected chi connectivity index (χ4v) is 1.22. The number of amides is 1. The predicted molar refractivity (Wildman–Crippen MR) is 64.2 cm³/mol. The molecule has 92 valence electrons. The van der Waals surface area contributed by atoms with Gasteiger partial charge in [-0.25, -0.2) is 0 Å². The van der Waals surface area contributed by atoms with Crippen LogP contribution in [0.4, 0.5) is 0 Å². The summed E-state index contributed by atoms with van der Waals surface area (Å²) in [6.07, 6.45) is 0. The molecule has 2 N–H and O–H groups in total. The Hall–Kier alpha value is -0.320. The Balaban J connectivity index is 0. The molecule has 0 spiro atoms. The molecule has 0 heterocycles. The Bertz CT molecular complexity index is 175. The van der Waals surface area contributed by atoms with E-state index in [2.05, 4.69) is 13.8 Å². The Labute approximate surface area is 98.6 Å². The van der Waals surface area contributed by atoms with E-state index in [1.54, 1.807) is 18.9 Å². The maximum Gasteiger partial charge on any atom is 0.239 e. The minimum Gasteiger partial charge on any atom is -0.383 e. The highest BCUT2D eigenvalue weighted by atomic mass is 35.5. The van der Waals surface area contributed by atoms with E-state index in [1.807, 2.05) is 0 Å². The zero-order chi connectivity index (χ0) is 11.1. The molecule has 0 saturated heterocycles. The molecule has 1 atom stereocenters. The lowest BCUT2D eigenvalue weighted by Gasteiger charge is -2.25. The van der Waals surface area contributed by atoms with Gasteiger partial charge in [0.1, 0.15) is 0 Å². The van der Waals surface area contributed by atoms with E-state index < -0.39 is 6.04 Å². The lowest BCUT2D eigenvalue weighted by molar-refractivity contribution is -0.133. The Morgan fingerprint density at radius 2 is 1.93 bits per heavy atom. The number of methoxy groups -OCH3 is 1. The number of carbonyl (C=O) groups excluding carboxylic acids is 1. The lowest BCUT2D eigenvalue weighted by Crippen LogP contribution is -2.45. The van der Waals surface area contributed by atoms with Crippen molar-refractivity contribution in [3.63, 3.8) is 0 Å². The summed E-state index contributed by atoms with van der Waals surface area (Å²) in [4.78, 5) is 13.4. The van der Waals surface area contributed by atoms with E-state index in [1.165, 1.54) is 0 Å². The van der Waals surface area contributed by atoms with E-state index in [0.29, 0.717) is 19.1 Å². The van der Waals surface area contributed by atoms with E-state index in [-0.39, 0.29) is 18.3 Å². The van der Waals surface area contributed by atoms with Gasteiger partial charge in [-0.05, 0) is 12.8 Å². The number of carbonyl (C=O) groups is 1. The normalized spacial score (nSPS) is 12.1. The van der Waals surface area contributed by atoms with E-state index in [9.17, 15) is 4.79 Å². The molecule has 0 radical (unpaired) electrons. The molecule has 5 heteroatoms. The van der Waals surface area contributed by atoms with Gasteiger partial charge in [-0.3, -0.25) is 4.79 Å². The Kier molecular flexibility index (Phi) is 10.2. The Morgan fingerprint density at radius 3 is 2.27 bits per heavy atom. The highest BCUT2D eigenvalue weighted by Gasteiger charge is 2.17. The molecular weight excluding hydrogens is 216 g/mol. The summed E-state index contributed by atoms with van der Waals surface area (Å²) >= 11 is 0. The van der Waals surface area contributed by atoms with Crippen molar-refractivity contribution in [2.45, 2.75) is 26.8 Å². The van der Waals surface area contributed by atoms with Crippen molar-refractivity contribution < 1.29 is 9.53 Å². The molecule has 1 unspecified atom stereocenters. The number of hydrogen-bond donors (Lipinski definition) is 1. The first kappa shape index (κ1) is 17.1. The van der Waals surface area contributed by atoms with Crippen LogP contribution in [0.25, 0.3) is 0 Å². The van der Waals surface area contributed by atoms with Crippen molar-refractivity contribution in [2.75, 3.05) is 26.8 Å². The fourth-order valence-electron chi connectivity index (χ4n) is 1.22. The van der Waals surface area contributed by atoms with Gasteiger partial charge in [-0.2, -0.15) is 0 Å². The third kappa shape index (κ3) is 7.59. The first-order valence-electron chi connectivity index (χ1n) is 5.02. The average Bonchev–Trinajstić information content (AvgIpc) is 2.10. The summed E-state index contributed by atoms with van der Waals surface area (Å²) in [5.41, 5.74) is 5.55. The zero-order valence-electron chi connectivity index (χ0n) is 10.0. The highest BCUT2D eigenvalue weighted by Crippen LogP contribution is 2.00. The second-order valence-corrected chi connectivity index (χ2v) is 3.96. The van der Waals surface area contributed by atoms with Crippen LogP contribution in [0.2, 0.25) is 0 Å². The number of nitrogens with zero attached hydrogens (tertiary/aromatic N) is 1. The molecular formula is C10H23ClN2O2. The summed E-state index contributed by atoms with van der Waals surface area (Å²) in [5, 5.41) is 0. The topological polar surface area (TPSA) is 55.6 Å². The predicted octanol–water partition coefficient (Wildman–Crippen LogP) is 0.886. The molecule has 0 aromatic heterocycles. The number of nitrogens with two attached hydrogens (primary N) is 1. The van der Waals surface area contributed by atoms with Crippen molar-refractivity contribution in [3.05, 3.63) is 0 Å². The average molecular weight is 239 g/mol. The maximum absolute atomic E-state index is 11.6. The highest BCUT2D eigenvalue weighted by molar-refractivity contribution is 5.85. The van der Waals surface area contributed by atoms with Crippen LogP contribution < -0.4 is 5.73 Å². The van der Waals surface area contributed by atoms with Crippen LogP contribution >= 0.6 is 12.4 Å². The molecule has 15 heavy (non-hydrogen) atoms. The standard InChI is InChI=1S/C10H22N2O2.ClH/c1-8(2)7-12(5-6-14-4)10(13)9(3)11;/h8-9H,5-7,11H2,1-4H3;1H. The van der Waals surface area contributed by atoms with Crippen LogP contribution in [-0.2, 0) is 9.53 Å². The quantitative estimate of drug-likeness (QED) is 0.748. The lowest BCUT2D eigenvalue weighted by atomic mass is 10.2. The van der Waals surface area contributed by atoms with Gasteiger partial charge in [0, 0.05) is 20.2 Å². The fraction of sp³-hybridized carbons (Fsp3) is 0.900. The third-order valence-electron chi connectivity index (χ3n) is 1.85. The maximum atomic E-state index is 11.6. The number of ether oxygens (including phenoxy) is 1. The van der Waals surface area contributed by atoms with Gasteiger partial charge in [0.15, 0.2) is 0 Å². The van der Waals surface area contributed by atoms with Crippen LogP contribution in [0, 0.1) is 5.92 Å². The SMILES string of the molecule is COCCN(CC(C)C)C(=O)C(C)N.Cl. The van der Waals surface area contributed by atoms with Crippen molar-refractivity contribution in [1.82, 2.24) is 4.90 Å². The van der Waals surface area contributed by atoms with Gasteiger partial charge in [0.2, 0.25) is 5.91 Å². The van der Waals surface area contributed by atoms with Crippen molar-refractivity contribution in [1.29, 1.82) is 0 Å². The minimum absolute atomic E-state index is 0. The summed E-state index contributed by atoms with van der Waals surface area (Å²) < 4.78 is 4.95. The first-order chi connectivity index (χ1) is 6.49. The van der Waals surface area contributed by atoms with Gasteiger partial charge in [0.25, 0.3) is 0 Å². The van der Waals surface area contributed by atoms with Gasteiger partial charge < -0.3 is 15.4 Å². The summed E-state index contributed by atoms with van der Waals surface area (Å²) in [7, 11) is 1.63. The number of hydrogen-bond acceptors (Lipinski definition) is 3. The van der Waals surface area contributed by atoms with Crippen LogP contribution in [0.5, 0.6) is 0 Å². The van der Waals surface area contributed by atoms with E-state index >= 15 is 0 Å². The van der Waals surface area contributed by atoms with Crippen molar-refractivity contribution in [3.8, 4) is 0 Å². The van der Waals surface area contributed by atoms with Gasteiger partial charge in [-0.15, -0.1) is 12.4 Å². The van der Waals surface area contributed by atoms with Crippen LogP contribution in [0.1, 0.15) is 20.8 Å². The first-order valence-corrected chi connectivity index (χ1v) is 5.02. The molecule has 0 fully saturated rings. The number of halogens is 1. The van der Waals surface area contributed by atoms with Crippen molar-refractivity contribution in [2.24, 2.45) is 11.7 Å². The second kappa shape index (κ2) is 8.95. The summed E-state index contributed by atoms with van der Waals surface area (Å²) in [5.74, 6) is 0.449. The van der Waals surface area contributed by atoms with Crippen LogP contribution in [0.3, 0.4) is 0 Å². The van der Waals surface area contributed by atoms with Crippen LogP contribution in [0.15, 0.2) is 0 Å². The molecule has 0 aliphatic rings. The molecule has 0 aromatic carbocycles.